The van der Waals surface area contributed by atoms with Crippen molar-refractivity contribution in [1.82, 2.24) is 0 Å². The standard InChI is InChI=1S/C7H12O2/c1-5(2)7(3,4)6(8)9/h1H2,2-4H3,(H,8,9)/p-1. The molecule has 0 amide bonds. The van der Waals surface area contributed by atoms with Crippen molar-refractivity contribution in [2.75, 3.05) is 0 Å². The number of rotatable bonds is 2. The van der Waals surface area contributed by atoms with E-state index < -0.39 is 11.4 Å². The number of carboxylic acids is 1. The van der Waals surface area contributed by atoms with Gasteiger partial charge in [0.1, 0.15) is 0 Å². The van der Waals surface area contributed by atoms with Gasteiger partial charge < -0.3 is 9.90 Å². The molecule has 2 heteroatoms. The number of carboxylic acid groups (broad SMARTS) is 1. The maximum Gasteiger partial charge on any atom is 0.0511 e. The van der Waals surface area contributed by atoms with Crippen LogP contribution in [0.4, 0.5) is 0 Å². The number of aliphatic carboxylic acids is 1. The second-order valence-electron chi connectivity index (χ2n) is 2.69. The molecule has 0 rings (SSSR count). The third-order valence-electron chi connectivity index (χ3n) is 1.58. The first-order valence-electron chi connectivity index (χ1n) is 2.76. The molecule has 0 bridgehead atoms. The zero-order valence-electron chi connectivity index (χ0n) is 6.02. The zero-order chi connectivity index (χ0) is 7.65. The zero-order valence-corrected chi connectivity index (χ0v) is 6.02. The summed E-state index contributed by atoms with van der Waals surface area (Å²) in [6, 6.07) is 0. The highest BCUT2D eigenvalue weighted by molar-refractivity contribution is 5.75. The Morgan fingerprint density at radius 3 is 1.89 bits per heavy atom. The summed E-state index contributed by atoms with van der Waals surface area (Å²) >= 11 is 0. The van der Waals surface area contributed by atoms with E-state index in [1.54, 1.807) is 20.8 Å². The van der Waals surface area contributed by atoms with Crippen LogP contribution in [0.1, 0.15) is 20.8 Å². The molecule has 0 aliphatic rings. The molecule has 0 heterocycles. The van der Waals surface area contributed by atoms with Crippen LogP contribution >= 0.6 is 0 Å². The first-order valence-corrected chi connectivity index (χ1v) is 2.76. The summed E-state index contributed by atoms with van der Waals surface area (Å²) in [7, 11) is 0. The Bertz CT molecular complexity index is 129. The molecule has 2 nitrogen and oxygen atoms in total. The van der Waals surface area contributed by atoms with Gasteiger partial charge in [0.05, 0.1) is 5.97 Å². The van der Waals surface area contributed by atoms with Crippen molar-refractivity contribution in [2.45, 2.75) is 20.8 Å². The molecule has 0 unspecified atom stereocenters. The first-order chi connectivity index (χ1) is 3.89. The minimum Gasteiger partial charge on any atom is -0.549 e. The van der Waals surface area contributed by atoms with Crippen LogP contribution in [0.3, 0.4) is 0 Å². The van der Waals surface area contributed by atoms with Crippen molar-refractivity contribution in [3.8, 4) is 0 Å². The second kappa shape index (κ2) is 2.21. The highest BCUT2D eigenvalue weighted by Crippen LogP contribution is 2.22. The molecule has 0 fully saturated rings. The van der Waals surface area contributed by atoms with E-state index in [0.29, 0.717) is 5.57 Å². The maximum atomic E-state index is 10.3. The van der Waals surface area contributed by atoms with E-state index in [-0.39, 0.29) is 0 Å². The van der Waals surface area contributed by atoms with E-state index in [9.17, 15) is 9.90 Å². The van der Waals surface area contributed by atoms with Gasteiger partial charge in [0.15, 0.2) is 0 Å². The van der Waals surface area contributed by atoms with Crippen molar-refractivity contribution >= 4 is 5.97 Å². The Kier molecular flexibility index (Phi) is 2.02. The van der Waals surface area contributed by atoms with Gasteiger partial charge in [-0.05, 0) is 6.92 Å². The lowest BCUT2D eigenvalue weighted by molar-refractivity contribution is -0.315. The monoisotopic (exact) mass is 127 g/mol. The van der Waals surface area contributed by atoms with Crippen LogP contribution in [0.25, 0.3) is 0 Å². The summed E-state index contributed by atoms with van der Waals surface area (Å²) in [6.07, 6.45) is 0. The topological polar surface area (TPSA) is 40.1 Å². The summed E-state index contributed by atoms with van der Waals surface area (Å²) in [5, 5.41) is 10.3. The largest absolute Gasteiger partial charge is 0.549 e. The van der Waals surface area contributed by atoms with Crippen molar-refractivity contribution in [3.63, 3.8) is 0 Å². The fourth-order valence-electron chi connectivity index (χ4n) is 0.174. The Balaban J connectivity index is 4.38. The normalized spacial score (nSPS) is 11.0. The molecule has 0 saturated heterocycles. The van der Waals surface area contributed by atoms with Gasteiger partial charge in [0.25, 0.3) is 0 Å². The molecule has 0 aliphatic heterocycles. The van der Waals surface area contributed by atoms with Gasteiger partial charge in [-0.2, -0.15) is 0 Å². The second-order valence-corrected chi connectivity index (χ2v) is 2.69. The minimum absolute atomic E-state index is 0.613. The molecule has 0 aromatic carbocycles. The molecule has 0 saturated carbocycles. The van der Waals surface area contributed by atoms with E-state index >= 15 is 0 Å². The van der Waals surface area contributed by atoms with Crippen molar-refractivity contribution in [3.05, 3.63) is 12.2 Å². The smallest absolute Gasteiger partial charge is 0.0511 e. The minimum atomic E-state index is -1.07. The quantitative estimate of drug-likeness (QED) is 0.502. The van der Waals surface area contributed by atoms with E-state index in [4.69, 9.17) is 0 Å². The fraction of sp³-hybridized carbons (Fsp3) is 0.571. The summed E-state index contributed by atoms with van der Waals surface area (Å²) in [5.41, 5.74) is -0.275. The molecule has 0 radical (unpaired) electrons. The van der Waals surface area contributed by atoms with Crippen molar-refractivity contribution < 1.29 is 9.90 Å². The lowest BCUT2D eigenvalue weighted by Crippen LogP contribution is -2.38. The lowest BCUT2D eigenvalue weighted by Gasteiger charge is -2.25. The number of hydrogen-bond donors (Lipinski definition) is 0. The van der Waals surface area contributed by atoms with Crippen LogP contribution in [0.2, 0.25) is 0 Å². The fourth-order valence-corrected chi connectivity index (χ4v) is 0.174. The highest BCUT2D eigenvalue weighted by Gasteiger charge is 2.19. The molecule has 0 atom stereocenters. The summed E-state index contributed by atoms with van der Waals surface area (Å²) < 4.78 is 0. The third-order valence-corrected chi connectivity index (χ3v) is 1.58. The van der Waals surface area contributed by atoms with Gasteiger partial charge in [-0.25, -0.2) is 0 Å². The van der Waals surface area contributed by atoms with E-state index in [0.717, 1.165) is 0 Å². The average Bonchev–Trinajstić information content (AvgIpc) is 1.65. The maximum absolute atomic E-state index is 10.3. The van der Waals surface area contributed by atoms with Gasteiger partial charge in [0.2, 0.25) is 0 Å². The summed E-state index contributed by atoms with van der Waals surface area (Å²) in [4.78, 5) is 10.3. The molecule has 0 aromatic rings. The summed E-state index contributed by atoms with van der Waals surface area (Å²) in [6.45, 7) is 8.35. The number of carbonyl (C=O) groups excluding carboxylic acids is 1. The van der Waals surface area contributed by atoms with Crippen LogP contribution in [0, 0.1) is 5.41 Å². The van der Waals surface area contributed by atoms with E-state index in [1.165, 1.54) is 0 Å². The van der Waals surface area contributed by atoms with Gasteiger partial charge in [-0.15, -0.1) is 0 Å². The van der Waals surface area contributed by atoms with Crippen LogP contribution in [0.5, 0.6) is 0 Å². The van der Waals surface area contributed by atoms with E-state index in [1.807, 2.05) is 0 Å². The first kappa shape index (κ1) is 8.21. The average molecular weight is 127 g/mol. The van der Waals surface area contributed by atoms with E-state index in [2.05, 4.69) is 6.58 Å². The highest BCUT2D eigenvalue weighted by atomic mass is 16.4. The Hall–Kier alpha value is -0.790. The molecule has 52 valence electrons. The predicted molar refractivity (Wildman–Crippen MR) is 33.6 cm³/mol. The predicted octanol–water partition coefficient (Wildman–Crippen LogP) is 0.339. The summed E-state index contributed by atoms with van der Waals surface area (Å²) in [5.74, 6) is -1.07. The Labute approximate surface area is 55.2 Å². The molecule has 9 heavy (non-hydrogen) atoms. The Morgan fingerprint density at radius 1 is 1.56 bits per heavy atom. The van der Waals surface area contributed by atoms with Crippen LogP contribution in [-0.2, 0) is 4.79 Å². The molecule has 0 N–H and O–H groups in total. The number of hydrogen-bond acceptors (Lipinski definition) is 2. The third kappa shape index (κ3) is 1.56. The molecule has 0 spiro atoms. The van der Waals surface area contributed by atoms with Gasteiger partial charge in [-0.3, -0.25) is 0 Å². The lowest BCUT2D eigenvalue weighted by atomic mass is 9.87. The number of carbonyl (C=O) groups is 1. The molecule has 0 aliphatic carbocycles. The van der Waals surface area contributed by atoms with Crippen LogP contribution < -0.4 is 5.11 Å². The SMILES string of the molecule is C=C(C)C(C)(C)C(=O)[O-]. The molecular formula is C7H11O2-. The van der Waals surface area contributed by atoms with Gasteiger partial charge in [-0.1, -0.05) is 26.0 Å². The van der Waals surface area contributed by atoms with Crippen molar-refractivity contribution in [1.29, 1.82) is 0 Å². The van der Waals surface area contributed by atoms with Gasteiger partial charge >= 0.3 is 0 Å². The Morgan fingerprint density at radius 2 is 1.89 bits per heavy atom. The van der Waals surface area contributed by atoms with Crippen LogP contribution in [0.15, 0.2) is 12.2 Å². The molecular weight excluding hydrogens is 116 g/mol. The van der Waals surface area contributed by atoms with Crippen molar-refractivity contribution in [2.24, 2.45) is 5.41 Å². The molecule has 0 aromatic heterocycles. The van der Waals surface area contributed by atoms with Crippen LogP contribution in [-0.4, -0.2) is 5.97 Å². The van der Waals surface area contributed by atoms with Gasteiger partial charge in [0, 0.05) is 5.41 Å².